The maximum Gasteiger partial charge on any atom is 0.243 e. The van der Waals surface area contributed by atoms with Gasteiger partial charge in [0.15, 0.2) is 0 Å². The van der Waals surface area contributed by atoms with E-state index in [-0.39, 0.29) is 5.91 Å². The summed E-state index contributed by atoms with van der Waals surface area (Å²) >= 11 is 0. The van der Waals surface area contributed by atoms with Crippen LogP contribution in [0.25, 0.3) is 0 Å². The van der Waals surface area contributed by atoms with E-state index in [0.717, 1.165) is 38.8 Å². The molecule has 0 unspecified atom stereocenters. The van der Waals surface area contributed by atoms with E-state index < -0.39 is 5.41 Å². The van der Waals surface area contributed by atoms with Crippen LogP contribution in [0.1, 0.15) is 32.6 Å². The molecular formula is C14H23N3O. The molecule has 2 fully saturated rings. The molecule has 1 aliphatic heterocycles. The van der Waals surface area contributed by atoms with Gasteiger partial charge >= 0.3 is 0 Å². The molecule has 0 radical (unpaired) electrons. The minimum absolute atomic E-state index is 0.0836. The van der Waals surface area contributed by atoms with Crippen molar-refractivity contribution in [1.29, 1.82) is 5.26 Å². The van der Waals surface area contributed by atoms with Gasteiger partial charge in [0.05, 0.1) is 6.07 Å². The third-order valence-electron chi connectivity index (χ3n) is 4.50. The second kappa shape index (κ2) is 4.89. The number of hydrogen-bond acceptors (Lipinski definition) is 3. The van der Waals surface area contributed by atoms with Gasteiger partial charge in [-0.15, -0.1) is 0 Å². The largest absolute Gasteiger partial charge is 0.341 e. The Labute approximate surface area is 110 Å². The lowest BCUT2D eigenvalue weighted by Crippen LogP contribution is -2.53. The second-order valence-corrected chi connectivity index (χ2v) is 6.19. The van der Waals surface area contributed by atoms with Crippen LogP contribution in [-0.4, -0.2) is 48.9 Å². The Morgan fingerprint density at radius 3 is 2.28 bits per heavy atom. The number of nitriles is 1. The van der Waals surface area contributed by atoms with Crippen molar-refractivity contribution in [1.82, 2.24) is 9.80 Å². The van der Waals surface area contributed by atoms with E-state index in [1.54, 1.807) is 0 Å². The summed E-state index contributed by atoms with van der Waals surface area (Å²) in [5.74, 6) is 0.605. The fraction of sp³-hybridized carbons (Fsp3) is 0.857. The van der Waals surface area contributed by atoms with Crippen molar-refractivity contribution in [2.24, 2.45) is 11.3 Å². The van der Waals surface area contributed by atoms with Gasteiger partial charge in [0.1, 0.15) is 5.41 Å². The van der Waals surface area contributed by atoms with E-state index in [2.05, 4.69) is 32.0 Å². The molecule has 0 atom stereocenters. The molecule has 0 aromatic rings. The molecule has 0 N–H and O–H groups in total. The van der Waals surface area contributed by atoms with Crippen molar-refractivity contribution < 1.29 is 4.79 Å². The average Bonchev–Trinajstić information content (AvgIpc) is 2.34. The predicted octanol–water partition coefficient (Wildman–Crippen LogP) is 1.48. The van der Waals surface area contributed by atoms with Crippen molar-refractivity contribution in [3.63, 3.8) is 0 Å². The van der Waals surface area contributed by atoms with Crippen LogP contribution in [0.15, 0.2) is 0 Å². The Morgan fingerprint density at radius 2 is 1.89 bits per heavy atom. The first-order valence-electron chi connectivity index (χ1n) is 6.85. The van der Waals surface area contributed by atoms with Crippen molar-refractivity contribution in [2.75, 3.05) is 27.2 Å². The van der Waals surface area contributed by atoms with Crippen LogP contribution in [0.5, 0.6) is 0 Å². The number of carbonyl (C=O) groups excluding carboxylic acids is 1. The number of likely N-dealkylation sites (tertiary alicyclic amines) is 1. The predicted molar refractivity (Wildman–Crippen MR) is 69.7 cm³/mol. The number of nitrogens with zero attached hydrogens (tertiary/aromatic N) is 3. The highest BCUT2D eigenvalue weighted by molar-refractivity contribution is 5.86. The topological polar surface area (TPSA) is 47.3 Å². The monoisotopic (exact) mass is 249 g/mol. The summed E-state index contributed by atoms with van der Waals surface area (Å²) < 4.78 is 0. The van der Waals surface area contributed by atoms with Crippen molar-refractivity contribution in [3.8, 4) is 6.07 Å². The van der Waals surface area contributed by atoms with Gasteiger partial charge in [-0.2, -0.15) is 5.26 Å². The molecule has 0 aromatic carbocycles. The number of piperidine rings is 1. The van der Waals surface area contributed by atoms with Crippen molar-refractivity contribution in [3.05, 3.63) is 0 Å². The van der Waals surface area contributed by atoms with Gasteiger partial charge in [0.25, 0.3) is 0 Å². The fourth-order valence-electron chi connectivity index (χ4n) is 3.33. The molecule has 0 spiro atoms. The average molecular weight is 249 g/mol. The first-order valence-corrected chi connectivity index (χ1v) is 6.85. The van der Waals surface area contributed by atoms with Gasteiger partial charge in [0, 0.05) is 19.1 Å². The maximum absolute atomic E-state index is 12.4. The summed E-state index contributed by atoms with van der Waals surface area (Å²) in [5.41, 5.74) is -0.690. The molecule has 0 bridgehead atoms. The summed E-state index contributed by atoms with van der Waals surface area (Å²) in [7, 11) is 4.18. The number of hydrogen-bond donors (Lipinski definition) is 0. The van der Waals surface area contributed by atoms with E-state index in [1.807, 2.05) is 4.90 Å². The quantitative estimate of drug-likeness (QED) is 0.744. The lowest BCUT2D eigenvalue weighted by molar-refractivity contribution is -0.146. The van der Waals surface area contributed by atoms with Crippen LogP contribution in [-0.2, 0) is 4.79 Å². The SMILES string of the molecule is CC1CC(C#N)(C(=O)N2CCC(N(C)C)CC2)C1. The van der Waals surface area contributed by atoms with Gasteiger partial charge in [-0.05, 0) is 45.7 Å². The van der Waals surface area contributed by atoms with E-state index in [0.29, 0.717) is 12.0 Å². The summed E-state index contributed by atoms with van der Waals surface area (Å²) in [6, 6.07) is 2.85. The lowest BCUT2D eigenvalue weighted by atomic mass is 9.62. The van der Waals surface area contributed by atoms with E-state index in [4.69, 9.17) is 0 Å². The van der Waals surface area contributed by atoms with Crippen LogP contribution >= 0.6 is 0 Å². The molecular weight excluding hydrogens is 226 g/mol. The number of rotatable bonds is 2. The minimum Gasteiger partial charge on any atom is -0.341 e. The highest BCUT2D eigenvalue weighted by atomic mass is 16.2. The molecule has 1 saturated carbocycles. The molecule has 1 saturated heterocycles. The zero-order valence-corrected chi connectivity index (χ0v) is 11.6. The first kappa shape index (κ1) is 13.4. The van der Waals surface area contributed by atoms with E-state index in [9.17, 15) is 10.1 Å². The Hall–Kier alpha value is -1.08. The van der Waals surface area contributed by atoms with Crippen LogP contribution in [0.2, 0.25) is 0 Å². The molecule has 1 amide bonds. The van der Waals surface area contributed by atoms with Crippen LogP contribution < -0.4 is 0 Å². The minimum atomic E-state index is -0.690. The van der Waals surface area contributed by atoms with Gasteiger partial charge in [-0.3, -0.25) is 4.79 Å². The molecule has 4 heteroatoms. The fourth-order valence-corrected chi connectivity index (χ4v) is 3.33. The zero-order valence-electron chi connectivity index (χ0n) is 11.6. The molecule has 0 aromatic heterocycles. The normalized spacial score (nSPS) is 33.1. The van der Waals surface area contributed by atoms with Crippen molar-refractivity contribution in [2.45, 2.75) is 38.6 Å². The smallest absolute Gasteiger partial charge is 0.243 e. The third-order valence-corrected chi connectivity index (χ3v) is 4.50. The Balaban J connectivity index is 1.94. The van der Waals surface area contributed by atoms with Gasteiger partial charge in [-0.25, -0.2) is 0 Å². The summed E-state index contributed by atoms with van der Waals surface area (Å²) in [5, 5.41) is 9.29. The van der Waals surface area contributed by atoms with Crippen LogP contribution in [0.3, 0.4) is 0 Å². The highest BCUT2D eigenvalue weighted by Gasteiger charge is 2.51. The second-order valence-electron chi connectivity index (χ2n) is 6.19. The van der Waals surface area contributed by atoms with Crippen LogP contribution in [0, 0.1) is 22.7 Å². The zero-order chi connectivity index (χ0) is 13.3. The molecule has 18 heavy (non-hydrogen) atoms. The Kier molecular flexibility index (Phi) is 3.63. The molecule has 4 nitrogen and oxygen atoms in total. The highest BCUT2D eigenvalue weighted by Crippen LogP contribution is 2.46. The third kappa shape index (κ3) is 2.24. The molecule has 100 valence electrons. The first-order chi connectivity index (χ1) is 8.48. The van der Waals surface area contributed by atoms with Crippen molar-refractivity contribution >= 4 is 5.91 Å². The molecule has 1 aliphatic carbocycles. The van der Waals surface area contributed by atoms with Crippen LogP contribution in [0.4, 0.5) is 0 Å². The summed E-state index contributed by atoms with van der Waals surface area (Å²) in [4.78, 5) is 16.6. The lowest BCUT2D eigenvalue weighted by Gasteiger charge is -2.44. The Bertz CT molecular complexity index is 358. The maximum atomic E-state index is 12.4. The van der Waals surface area contributed by atoms with E-state index >= 15 is 0 Å². The Morgan fingerprint density at radius 1 is 1.33 bits per heavy atom. The molecule has 2 rings (SSSR count). The summed E-state index contributed by atoms with van der Waals surface area (Å²) in [6.07, 6.45) is 3.54. The van der Waals surface area contributed by atoms with Gasteiger partial charge in [-0.1, -0.05) is 6.92 Å². The molecule has 2 aliphatic rings. The van der Waals surface area contributed by atoms with Gasteiger partial charge < -0.3 is 9.80 Å². The molecule has 1 heterocycles. The summed E-state index contributed by atoms with van der Waals surface area (Å²) in [6.45, 7) is 3.72. The number of amides is 1. The van der Waals surface area contributed by atoms with E-state index in [1.165, 1.54) is 0 Å². The standard InChI is InChI=1S/C14H23N3O/c1-11-8-14(9-11,10-15)13(18)17-6-4-12(5-7-17)16(2)3/h11-12H,4-9H2,1-3H3. The van der Waals surface area contributed by atoms with Gasteiger partial charge in [0.2, 0.25) is 5.91 Å². The number of carbonyl (C=O) groups is 1.